The Bertz CT molecular complexity index is 539. The molecule has 2 heterocycles. The summed E-state index contributed by atoms with van der Waals surface area (Å²) in [7, 11) is 0. The van der Waals surface area contributed by atoms with E-state index in [4.69, 9.17) is 10.5 Å². The smallest absolute Gasteiger partial charge is 0.148 e. The number of nitrogens with zero attached hydrogens (tertiary/aromatic N) is 1. The first kappa shape index (κ1) is 10.3. The van der Waals surface area contributed by atoms with Crippen LogP contribution in [-0.2, 0) is 6.42 Å². The van der Waals surface area contributed by atoms with E-state index < -0.39 is 0 Å². The maximum atomic E-state index is 5.92. The Morgan fingerprint density at radius 1 is 1.18 bits per heavy atom. The minimum Gasteiger partial charge on any atom is -0.455 e. The minimum atomic E-state index is 0.280. The van der Waals surface area contributed by atoms with Gasteiger partial charge in [0.25, 0.3) is 0 Å². The summed E-state index contributed by atoms with van der Waals surface area (Å²) in [6.45, 7) is 0.608. The van der Waals surface area contributed by atoms with Crippen LogP contribution in [0.3, 0.4) is 0 Å². The zero-order valence-electron chi connectivity index (χ0n) is 9.47. The summed E-state index contributed by atoms with van der Waals surface area (Å²) in [5, 5.41) is 0. The highest BCUT2D eigenvalue weighted by Crippen LogP contribution is 2.37. The maximum Gasteiger partial charge on any atom is 0.148 e. The Morgan fingerprint density at radius 2 is 2.00 bits per heavy atom. The van der Waals surface area contributed by atoms with Gasteiger partial charge in [0, 0.05) is 18.5 Å². The molecule has 0 saturated carbocycles. The molecule has 0 amide bonds. The van der Waals surface area contributed by atoms with Crippen molar-refractivity contribution in [1.82, 2.24) is 4.98 Å². The lowest BCUT2D eigenvalue weighted by Crippen LogP contribution is -2.14. The molecule has 3 nitrogen and oxygen atoms in total. The standard InChI is InChI=1S/C14H14N2O/c15-9-10-8-12-14(6-3-7-16-12)17-13-5-2-1-4-11(10)13/h1-7,10H,8-9,15H2. The van der Waals surface area contributed by atoms with Gasteiger partial charge in [0.05, 0.1) is 5.69 Å². The van der Waals surface area contributed by atoms with Gasteiger partial charge in [-0.25, -0.2) is 0 Å². The molecule has 0 spiro atoms. The zero-order valence-corrected chi connectivity index (χ0v) is 9.47. The third kappa shape index (κ3) is 1.78. The first-order valence-electron chi connectivity index (χ1n) is 5.79. The molecular formula is C14H14N2O. The lowest BCUT2D eigenvalue weighted by Gasteiger charge is -2.13. The molecule has 2 N–H and O–H groups in total. The highest BCUT2D eigenvalue weighted by molar-refractivity contribution is 5.44. The molecule has 1 atom stereocenters. The molecule has 0 aliphatic carbocycles. The number of nitrogens with two attached hydrogens (primary N) is 1. The van der Waals surface area contributed by atoms with E-state index in [0.717, 1.165) is 23.6 Å². The third-order valence-corrected chi connectivity index (χ3v) is 3.15. The van der Waals surface area contributed by atoms with E-state index in [1.807, 2.05) is 30.3 Å². The second-order valence-electron chi connectivity index (χ2n) is 4.22. The van der Waals surface area contributed by atoms with Crippen LogP contribution in [-0.4, -0.2) is 11.5 Å². The molecule has 1 aliphatic rings. The molecule has 1 aromatic carbocycles. The van der Waals surface area contributed by atoms with Crippen LogP contribution in [0.25, 0.3) is 0 Å². The van der Waals surface area contributed by atoms with Crippen molar-refractivity contribution in [2.24, 2.45) is 5.73 Å². The number of rotatable bonds is 1. The van der Waals surface area contributed by atoms with E-state index in [9.17, 15) is 0 Å². The molecule has 0 radical (unpaired) electrons. The maximum absolute atomic E-state index is 5.92. The molecule has 3 heteroatoms. The quantitative estimate of drug-likeness (QED) is 0.812. The number of fused-ring (bicyclic) bond motifs is 2. The summed E-state index contributed by atoms with van der Waals surface area (Å²) in [5.74, 6) is 2.02. The zero-order chi connectivity index (χ0) is 11.7. The minimum absolute atomic E-state index is 0.280. The van der Waals surface area contributed by atoms with E-state index in [-0.39, 0.29) is 5.92 Å². The van der Waals surface area contributed by atoms with E-state index >= 15 is 0 Å². The molecule has 1 aliphatic heterocycles. The van der Waals surface area contributed by atoms with Crippen LogP contribution in [0, 0.1) is 0 Å². The van der Waals surface area contributed by atoms with Crippen molar-refractivity contribution in [3.8, 4) is 11.5 Å². The van der Waals surface area contributed by atoms with Crippen LogP contribution in [0.1, 0.15) is 17.2 Å². The van der Waals surface area contributed by atoms with Gasteiger partial charge in [0.2, 0.25) is 0 Å². The number of pyridine rings is 1. The first-order chi connectivity index (χ1) is 8.38. The van der Waals surface area contributed by atoms with E-state index in [1.165, 1.54) is 5.56 Å². The number of hydrogen-bond acceptors (Lipinski definition) is 3. The number of benzene rings is 1. The molecule has 0 fully saturated rings. The summed E-state index contributed by atoms with van der Waals surface area (Å²) in [4.78, 5) is 4.38. The van der Waals surface area contributed by atoms with Crippen LogP contribution in [0.4, 0.5) is 0 Å². The first-order valence-corrected chi connectivity index (χ1v) is 5.79. The van der Waals surface area contributed by atoms with Crippen molar-refractivity contribution >= 4 is 0 Å². The Labute approximate surface area is 100 Å². The van der Waals surface area contributed by atoms with Gasteiger partial charge in [0.15, 0.2) is 0 Å². The molecule has 17 heavy (non-hydrogen) atoms. The largest absolute Gasteiger partial charge is 0.455 e. The molecule has 0 saturated heterocycles. The van der Waals surface area contributed by atoms with E-state index in [1.54, 1.807) is 6.20 Å². The fourth-order valence-electron chi connectivity index (χ4n) is 2.25. The van der Waals surface area contributed by atoms with Crippen molar-refractivity contribution in [2.75, 3.05) is 6.54 Å². The summed E-state index contributed by atoms with van der Waals surface area (Å²) in [6.07, 6.45) is 2.63. The summed E-state index contributed by atoms with van der Waals surface area (Å²) in [5.41, 5.74) is 8.02. The molecule has 3 rings (SSSR count). The van der Waals surface area contributed by atoms with E-state index in [2.05, 4.69) is 11.1 Å². The van der Waals surface area contributed by atoms with Crippen molar-refractivity contribution in [1.29, 1.82) is 0 Å². The van der Waals surface area contributed by atoms with Crippen LogP contribution in [0.2, 0.25) is 0 Å². The average molecular weight is 226 g/mol. The van der Waals surface area contributed by atoms with Gasteiger partial charge >= 0.3 is 0 Å². The second kappa shape index (κ2) is 4.18. The molecule has 1 aromatic heterocycles. The normalized spacial score (nSPS) is 17.6. The highest BCUT2D eigenvalue weighted by Gasteiger charge is 2.22. The predicted octanol–water partition coefficient (Wildman–Crippen LogP) is 2.47. The summed E-state index contributed by atoms with van der Waals surface area (Å²) >= 11 is 0. The molecule has 1 unspecified atom stereocenters. The van der Waals surface area contributed by atoms with Crippen LogP contribution in [0.15, 0.2) is 42.6 Å². The summed E-state index contributed by atoms with van der Waals surface area (Å²) in [6, 6.07) is 11.9. The fraction of sp³-hybridized carbons (Fsp3) is 0.214. The molecule has 86 valence electrons. The van der Waals surface area contributed by atoms with Crippen LogP contribution in [0.5, 0.6) is 11.5 Å². The van der Waals surface area contributed by atoms with E-state index in [0.29, 0.717) is 6.54 Å². The molecule has 2 aromatic rings. The number of hydrogen-bond donors (Lipinski definition) is 1. The van der Waals surface area contributed by atoms with Gasteiger partial charge in [-0.2, -0.15) is 0 Å². The van der Waals surface area contributed by atoms with Gasteiger partial charge in [0.1, 0.15) is 11.5 Å². The van der Waals surface area contributed by atoms with Crippen molar-refractivity contribution in [3.63, 3.8) is 0 Å². The molecule has 0 bridgehead atoms. The number of para-hydroxylation sites is 1. The van der Waals surface area contributed by atoms with Crippen molar-refractivity contribution < 1.29 is 4.74 Å². The van der Waals surface area contributed by atoms with Gasteiger partial charge in [-0.15, -0.1) is 0 Å². The predicted molar refractivity (Wildman–Crippen MR) is 66.3 cm³/mol. The summed E-state index contributed by atoms with van der Waals surface area (Å²) < 4.78 is 5.92. The fourth-order valence-corrected chi connectivity index (χ4v) is 2.25. The Balaban J connectivity index is 2.13. The SMILES string of the molecule is NCC1Cc2ncccc2Oc2ccccc21. The Morgan fingerprint density at radius 3 is 2.88 bits per heavy atom. The third-order valence-electron chi connectivity index (χ3n) is 3.15. The lowest BCUT2D eigenvalue weighted by molar-refractivity contribution is 0.475. The van der Waals surface area contributed by atoms with Crippen LogP contribution < -0.4 is 10.5 Å². The van der Waals surface area contributed by atoms with Gasteiger partial charge < -0.3 is 10.5 Å². The topological polar surface area (TPSA) is 48.1 Å². The monoisotopic (exact) mass is 226 g/mol. The average Bonchev–Trinajstić information content (AvgIpc) is 2.54. The number of aromatic nitrogens is 1. The van der Waals surface area contributed by atoms with Crippen molar-refractivity contribution in [3.05, 3.63) is 53.9 Å². The van der Waals surface area contributed by atoms with Crippen molar-refractivity contribution in [2.45, 2.75) is 12.3 Å². The Kier molecular flexibility index (Phi) is 2.53. The van der Waals surface area contributed by atoms with Gasteiger partial charge in [-0.1, -0.05) is 18.2 Å². The van der Waals surface area contributed by atoms with Crippen LogP contribution >= 0.6 is 0 Å². The highest BCUT2D eigenvalue weighted by atomic mass is 16.5. The van der Waals surface area contributed by atoms with Gasteiger partial charge in [-0.05, 0) is 30.3 Å². The molecular weight excluding hydrogens is 212 g/mol. The second-order valence-corrected chi connectivity index (χ2v) is 4.22. The lowest BCUT2D eigenvalue weighted by atomic mass is 9.94. The number of ether oxygens (including phenoxy) is 1. The Hall–Kier alpha value is -1.87. The van der Waals surface area contributed by atoms with Gasteiger partial charge in [-0.3, -0.25) is 4.98 Å².